The maximum atomic E-state index is 12.1. The number of hydrogen-bond donors (Lipinski definition) is 0. The fourth-order valence-corrected chi connectivity index (χ4v) is 3.92. The Kier molecular flexibility index (Phi) is 3.36. The van der Waals surface area contributed by atoms with Crippen molar-refractivity contribution in [1.82, 2.24) is 4.90 Å². The van der Waals surface area contributed by atoms with Crippen LogP contribution in [0.5, 0.6) is 0 Å². The maximum absolute atomic E-state index is 12.1. The molecule has 1 aliphatic heterocycles. The summed E-state index contributed by atoms with van der Waals surface area (Å²) in [5.41, 5.74) is 0. The van der Waals surface area contributed by atoms with Crippen LogP contribution < -0.4 is 0 Å². The number of thiophene rings is 1. The minimum atomic E-state index is 0.198. The summed E-state index contributed by atoms with van der Waals surface area (Å²) in [4.78, 5) is 14.9. The summed E-state index contributed by atoms with van der Waals surface area (Å²) in [6.07, 6.45) is 0. The van der Waals surface area contributed by atoms with Gasteiger partial charge in [0, 0.05) is 23.6 Å². The highest BCUT2D eigenvalue weighted by molar-refractivity contribution is 8.00. The lowest BCUT2D eigenvalue weighted by Crippen LogP contribution is -2.43. The Balaban J connectivity index is 2.07. The summed E-state index contributed by atoms with van der Waals surface area (Å²) < 4.78 is 0. The first-order valence-corrected chi connectivity index (χ1v) is 6.97. The number of hydrogen-bond acceptors (Lipinski definition) is 3. The van der Waals surface area contributed by atoms with Crippen molar-refractivity contribution in [3.63, 3.8) is 0 Å². The van der Waals surface area contributed by atoms with Crippen molar-refractivity contribution in [3.8, 4) is 0 Å². The van der Waals surface area contributed by atoms with E-state index in [4.69, 9.17) is 0 Å². The average molecular weight is 241 g/mol. The Morgan fingerprint density at radius 3 is 2.60 bits per heavy atom. The molecule has 0 aromatic carbocycles. The summed E-state index contributed by atoms with van der Waals surface area (Å²) in [6, 6.07) is 3.84. The third-order valence-electron chi connectivity index (χ3n) is 2.44. The Morgan fingerprint density at radius 1 is 1.40 bits per heavy atom. The summed E-state index contributed by atoms with van der Waals surface area (Å²) in [5, 5.41) is 3.06. The fourth-order valence-electron chi connectivity index (χ4n) is 1.90. The maximum Gasteiger partial charge on any atom is 0.263 e. The van der Waals surface area contributed by atoms with Crippen LogP contribution in [0.1, 0.15) is 23.5 Å². The predicted octanol–water partition coefficient (Wildman–Crippen LogP) is 2.71. The van der Waals surface area contributed by atoms with Crippen molar-refractivity contribution in [2.75, 3.05) is 13.1 Å². The lowest BCUT2D eigenvalue weighted by molar-refractivity contribution is 0.0758. The molecule has 82 valence electrons. The van der Waals surface area contributed by atoms with E-state index in [0.29, 0.717) is 10.5 Å². The lowest BCUT2D eigenvalue weighted by atomic mass is 10.3. The molecule has 1 saturated heterocycles. The van der Waals surface area contributed by atoms with Crippen LogP contribution in [0.4, 0.5) is 0 Å². The molecule has 0 radical (unpaired) electrons. The average Bonchev–Trinajstić information content (AvgIpc) is 2.67. The van der Waals surface area contributed by atoms with Gasteiger partial charge in [-0.05, 0) is 11.4 Å². The van der Waals surface area contributed by atoms with E-state index in [1.807, 2.05) is 34.2 Å². The number of rotatable bonds is 1. The van der Waals surface area contributed by atoms with Crippen molar-refractivity contribution < 1.29 is 4.79 Å². The summed E-state index contributed by atoms with van der Waals surface area (Å²) >= 11 is 3.50. The van der Waals surface area contributed by atoms with Crippen LogP contribution in [0.3, 0.4) is 0 Å². The Morgan fingerprint density at radius 2 is 2.07 bits per heavy atom. The molecule has 2 heterocycles. The zero-order chi connectivity index (χ0) is 10.8. The van der Waals surface area contributed by atoms with Gasteiger partial charge in [-0.15, -0.1) is 11.3 Å². The first kappa shape index (κ1) is 11.0. The number of nitrogens with zero attached hydrogens (tertiary/aromatic N) is 1. The van der Waals surface area contributed by atoms with Crippen molar-refractivity contribution >= 4 is 29.0 Å². The van der Waals surface area contributed by atoms with E-state index in [0.717, 1.165) is 18.0 Å². The van der Waals surface area contributed by atoms with Gasteiger partial charge in [-0.1, -0.05) is 19.9 Å². The molecule has 1 aliphatic rings. The second-order valence-corrected chi connectivity index (χ2v) is 6.77. The van der Waals surface area contributed by atoms with Crippen LogP contribution in [0.2, 0.25) is 0 Å². The second kappa shape index (κ2) is 4.58. The molecule has 1 aromatic heterocycles. The van der Waals surface area contributed by atoms with E-state index >= 15 is 0 Å². The van der Waals surface area contributed by atoms with Crippen LogP contribution in [0.15, 0.2) is 17.5 Å². The topological polar surface area (TPSA) is 20.3 Å². The van der Waals surface area contributed by atoms with Crippen molar-refractivity contribution in [1.29, 1.82) is 0 Å². The summed E-state index contributed by atoms with van der Waals surface area (Å²) in [7, 11) is 0. The molecule has 15 heavy (non-hydrogen) atoms. The van der Waals surface area contributed by atoms with Gasteiger partial charge in [-0.3, -0.25) is 4.79 Å². The second-order valence-electron chi connectivity index (χ2n) is 3.94. The predicted molar refractivity (Wildman–Crippen MR) is 66.7 cm³/mol. The van der Waals surface area contributed by atoms with Crippen LogP contribution >= 0.6 is 23.1 Å². The number of thioether (sulfide) groups is 1. The molecule has 2 atom stereocenters. The zero-order valence-electron chi connectivity index (χ0n) is 8.97. The van der Waals surface area contributed by atoms with Gasteiger partial charge in [0.25, 0.3) is 5.91 Å². The van der Waals surface area contributed by atoms with Crippen LogP contribution in [0.25, 0.3) is 0 Å². The van der Waals surface area contributed by atoms with Gasteiger partial charge >= 0.3 is 0 Å². The zero-order valence-corrected chi connectivity index (χ0v) is 10.6. The molecule has 0 spiro atoms. The molecule has 1 fully saturated rings. The molecule has 2 unspecified atom stereocenters. The van der Waals surface area contributed by atoms with Crippen molar-refractivity contribution in [2.45, 2.75) is 24.3 Å². The van der Waals surface area contributed by atoms with Gasteiger partial charge in [0.2, 0.25) is 0 Å². The number of carbonyl (C=O) groups is 1. The van der Waals surface area contributed by atoms with E-state index in [1.54, 1.807) is 0 Å². The Bertz CT molecular complexity index is 326. The molecule has 0 bridgehead atoms. The monoisotopic (exact) mass is 241 g/mol. The smallest absolute Gasteiger partial charge is 0.263 e. The molecule has 2 nitrogen and oxygen atoms in total. The van der Waals surface area contributed by atoms with Gasteiger partial charge in [-0.2, -0.15) is 11.8 Å². The quantitative estimate of drug-likeness (QED) is 0.753. The Hall–Kier alpha value is -0.480. The standard InChI is InChI=1S/C11H15NOS2/c1-8-6-12(7-9(2)15-8)11(13)10-4-3-5-14-10/h3-5,8-9H,6-7H2,1-2H3. The lowest BCUT2D eigenvalue weighted by Gasteiger charge is -2.34. The third kappa shape index (κ3) is 2.55. The van der Waals surface area contributed by atoms with Crippen molar-refractivity contribution in [2.24, 2.45) is 0 Å². The van der Waals surface area contributed by atoms with E-state index in [1.165, 1.54) is 11.3 Å². The summed E-state index contributed by atoms with van der Waals surface area (Å²) in [6.45, 7) is 6.14. The first-order chi connectivity index (χ1) is 7.16. The molecule has 2 rings (SSSR count). The van der Waals surface area contributed by atoms with Crippen molar-refractivity contribution in [3.05, 3.63) is 22.4 Å². The van der Waals surface area contributed by atoms with E-state index in [-0.39, 0.29) is 5.91 Å². The SMILES string of the molecule is CC1CN(C(=O)c2cccs2)CC(C)S1. The highest BCUT2D eigenvalue weighted by Crippen LogP contribution is 2.26. The molecule has 1 amide bonds. The molecular weight excluding hydrogens is 226 g/mol. The number of carbonyl (C=O) groups excluding carboxylic acids is 1. The van der Waals surface area contributed by atoms with Gasteiger partial charge in [0.15, 0.2) is 0 Å². The van der Waals surface area contributed by atoms with E-state index in [2.05, 4.69) is 13.8 Å². The van der Waals surface area contributed by atoms with Crippen LogP contribution in [-0.2, 0) is 0 Å². The fraction of sp³-hybridized carbons (Fsp3) is 0.545. The molecule has 0 saturated carbocycles. The van der Waals surface area contributed by atoms with E-state index < -0.39 is 0 Å². The molecule has 4 heteroatoms. The molecule has 0 aliphatic carbocycles. The highest BCUT2D eigenvalue weighted by atomic mass is 32.2. The molecular formula is C11H15NOS2. The summed E-state index contributed by atoms with van der Waals surface area (Å²) in [5.74, 6) is 0.198. The van der Waals surface area contributed by atoms with Gasteiger partial charge in [0.05, 0.1) is 4.88 Å². The number of amides is 1. The van der Waals surface area contributed by atoms with Crippen LogP contribution in [-0.4, -0.2) is 34.4 Å². The first-order valence-electron chi connectivity index (χ1n) is 5.15. The Labute approximate surface area is 98.7 Å². The van der Waals surface area contributed by atoms with Crippen LogP contribution in [0, 0.1) is 0 Å². The minimum absolute atomic E-state index is 0.198. The van der Waals surface area contributed by atoms with Gasteiger partial charge in [0.1, 0.15) is 0 Å². The molecule has 1 aromatic rings. The normalized spacial score (nSPS) is 26.7. The third-order valence-corrected chi connectivity index (χ3v) is 4.52. The largest absolute Gasteiger partial charge is 0.336 e. The van der Waals surface area contributed by atoms with Gasteiger partial charge in [-0.25, -0.2) is 0 Å². The highest BCUT2D eigenvalue weighted by Gasteiger charge is 2.26. The van der Waals surface area contributed by atoms with E-state index in [9.17, 15) is 4.79 Å². The molecule has 0 N–H and O–H groups in total. The minimum Gasteiger partial charge on any atom is -0.336 e. The van der Waals surface area contributed by atoms with Gasteiger partial charge < -0.3 is 4.90 Å².